The van der Waals surface area contributed by atoms with E-state index in [9.17, 15) is 18.4 Å². The van der Waals surface area contributed by atoms with E-state index in [1.54, 1.807) is 47.8 Å². The monoisotopic (exact) mass is 471 g/mol. The summed E-state index contributed by atoms with van der Waals surface area (Å²) in [6.07, 6.45) is 5.04. The molecule has 180 valence electrons. The van der Waals surface area contributed by atoms with Gasteiger partial charge in [0.2, 0.25) is 0 Å². The largest absolute Gasteiger partial charge is 0.373 e. The van der Waals surface area contributed by atoms with Crippen LogP contribution < -0.4 is 21.5 Å². The van der Waals surface area contributed by atoms with Gasteiger partial charge in [-0.25, -0.2) is 13.3 Å². The summed E-state index contributed by atoms with van der Waals surface area (Å²) in [5, 5.41) is 13.4. The number of amides is 1. The fraction of sp³-hybridized carbons (Fsp3) is 0.435. The zero-order chi connectivity index (χ0) is 24.0. The minimum atomic E-state index is -3.02. The highest BCUT2D eigenvalue weighted by Crippen LogP contribution is 2.35. The number of nitrogens with one attached hydrogen (secondary N) is 3. The molecule has 1 aliphatic carbocycles. The van der Waals surface area contributed by atoms with Crippen LogP contribution in [0.5, 0.6) is 0 Å². The van der Waals surface area contributed by atoms with Crippen LogP contribution in [0.3, 0.4) is 0 Å². The minimum Gasteiger partial charge on any atom is -0.373 e. The van der Waals surface area contributed by atoms with Crippen molar-refractivity contribution in [1.82, 2.24) is 24.4 Å². The average Bonchev–Trinajstić information content (AvgIpc) is 3.49. The Bertz CT molecular complexity index is 1300. The number of rotatable bonds is 6. The number of likely N-dealkylation sites (tertiary alicyclic amines) is 1. The van der Waals surface area contributed by atoms with Crippen molar-refractivity contribution in [2.24, 2.45) is 0 Å². The van der Waals surface area contributed by atoms with Crippen LogP contribution in [0.4, 0.5) is 26.0 Å². The maximum atomic E-state index is 14.7. The van der Waals surface area contributed by atoms with Gasteiger partial charge in [-0.15, -0.1) is 0 Å². The summed E-state index contributed by atoms with van der Waals surface area (Å²) in [6, 6.07) is 5.60. The molecule has 0 radical (unpaired) electrons. The molecule has 1 atom stereocenters. The summed E-state index contributed by atoms with van der Waals surface area (Å²) >= 11 is 0. The van der Waals surface area contributed by atoms with Gasteiger partial charge in [0, 0.05) is 37.6 Å². The van der Waals surface area contributed by atoms with Crippen molar-refractivity contribution in [3.8, 4) is 0 Å². The van der Waals surface area contributed by atoms with Crippen molar-refractivity contribution in [1.29, 1.82) is 0 Å². The first-order chi connectivity index (χ1) is 16.3. The second-order valence-corrected chi connectivity index (χ2v) is 9.04. The van der Waals surface area contributed by atoms with E-state index in [0.717, 1.165) is 17.4 Å². The van der Waals surface area contributed by atoms with E-state index >= 15 is 0 Å². The summed E-state index contributed by atoms with van der Waals surface area (Å²) < 4.78 is 32.2. The van der Waals surface area contributed by atoms with E-state index in [1.807, 2.05) is 0 Å². The molecule has 1 saturated heterocycles. The molecule has 0 unspecified atom stereocenters. The smallest absolute Gasteiger partial charge is 0.280 e. The maximum absolute atomic E-state index is 14.7. The molecule has 4 heterocycles. The van der Waals surface area contributed by atoms with Gasteiger partial charge in [-0.1, -0.05) is 0 Å². The zero-order valence-electron chi connectivity index (χ0n) is 19.0. The number of hydrogen-bond acceptors (Lipinski definition) is 6. The van der Waals surface area contributed by atoms with Gasteiger partial charge in [0.05, 0.1) is 23.8 Å². The van der Waals surface area contributed by atoms with Gasteiger partial charge in [-0.2, -0.15) is 5.10 Å². The van der Waals surface area contributed by atoms with Crippen LogP contribution in [0.2, 0.25) is 0 Å². The highest BCUT2D eigenvalue weighted by Gasteiger charge is 2.45. The molecule has 0 bridgehead atoms. The number of carbonyl (C=O) groups is 1. The molecule has 3 N–H and O–H groups in total. The van der Waals surface area contributed by atoms with Crippen LogP contribution >= 0.6 is 0 Å². The number of nitrogens with zero attached hydrogens (tertiary/aromatic N) is 4. The number of carbonyl (C=O) groups excluding carboxylic acids is 1. The van der Waals surface area contributed by atoms with E-state index in [-0.39, 0.29) is 24.1 Å². The third-order valence-electron chi connectivity index (χ3n) is 6.37. The third kappa shape index (κ3) is 4.11. The third-order valence-corrected chi connectivity index (χ3v) is 6.37. The topological polar surface area (TPSA) is 95.7 Å². The quantitative estimate of drug-likeness (QED) is 0.512. The van der Waals surface area contributed by atoms with Crippen molar-refractivity contribution in [2.45, 2.75) is 37.3 Å². The summed E-state index contributed by atoms with van der Waals surface area (Å²) in [7, 11) is 3.37. The molecule has 34 heavy (non-hydrogen) atoms. The summed E-state index contributed by atoms with van der Waals surface area (Å²) in [5.74, 6) is -2.62. The van der Waals surface area contributed by atoms with Crippen molar-refractivity contribution in [3.63, 3.8) is 0 Å². The number of hydrogen-bond donors (Lipinski definition) is 3. The van der Waals surface area contributed by atoms with Crippen LogP contribution in [0.1, 0.15) is 35.7 Å². The fourth-order valence-electron chi connectivity index (χ4n) is 4.45. The fourth-order valence-corrected chi connectivity index (χ4v) is 4.45. The number of halogens is 2. The lowest BCUT2D eigenvalue weighted by Gasteiger charge is -2.37. The molecule has 1 amide bonds. The number of pyridine rings is 2. The maximum Gasteiger partial charge on any atom is 0.280 e. The van der Waals surface area contributed by atoms with Gasteiger partial charge in [0.15, 0.2) is 0 Å². The van der Waals surface area contributed by atoms with Crippen molar-refractivity contribution in [3.05, 3.63) is 52.6 Å². The molecule has 0 spiro atoms. The molecular formula is C23H27F2N7O2. The van der Waals surface area contributed by atoms with E-state index in [1.165, 1.54) is 12.4 Å². The number of aromatic nitrogens is 3. The zero-order valence-corrected chi connectivity index (χ0v) is 19.0. The second kappa shape index (κ2) is 8.39. The van der Waals surface area contributed by atoms with E-state index in [4.69, 9.17) is 0 Å². The molecule has 2 aliphatic rings. The Kier molecular flexibility index (Phi) is 5.51. The molecule has 3 aromatic rings. The lowest BCUT2D eigenvalue weighted by Crippen LogP contribution is -2.49. The van der Waals surface area contributed by atoms with E-state index in [0.29, 0.717) is 29.1 Å². The molecule has 1 saturated carbocycles. The van der Waals surface area contributed by atoms with Gasteiger partial charge < -0.3 is 25.4 Å². The SMILES string of the molecule is CNc1cc(Nc2cccn([C@@H]3CCN(C)CC3(F)F)c2=O)cc2c(C(=O)NC3CC3)cnn12. The number of alkyl halides is 2. The van der Waals surface area contributed by atoms with Crippen molar-refractivity contribution in [2.75, 3.05) is 37.8 Å². The van der Waals surface area contributed by atoms with Gasteiger partial charge in [0.25, 0.3) is 17.4 Å². The first-order valence-electron chi connectivity index (χ1n) is 11.3. The Morgan fingerprint density at radius 1 is 1.24 bits per heavy atom. The lowest BCUT2D eigenvalue weighted by molar-refractivity contribution is -0.0988. The normalized spacial score (nSPS) is 20.3. The highest BCUT2D eigenvalue weighted by atomic mass is 19.3. The van der Waals surface area contributed by atoms with Crippen LogP contribution in [0, 0.1) is 0 Å². The number of anilines is 3. The van der Waals surface area contributed by atoms with Crippen LogP contribution in [0.15, 0.2) is 41.5 Å². The van der Waals surface area contributed by atoms with Crippen molar-refractivity contribution < 1.29 is 13.6 Å². The molecule has 2 fully saturated rings. The first-order valence-corrected chi connectivity index (χ1v) is 11.3. The molecule has 9 nitrogen and oxygen atoms in total. The lowest BCUT2D eigenvalue weighted by atomic mass is 10.0. The van der Waals surface area contributed by atoms with Gasteiger partial charge in [-0.05, 0) is 44.5 Å². The van der Waals surface area contributed by atoms with Crippen LogP contribution in [-0.4, -0.2) is 64.1 Å². The van der Waals surface area contributed by atoms with Crippen LogP contribution in [0.25, 0.3) is 5.52 Å². The Labute approximate surface area is 194 Å². The van der Waals surface area contributed by atoms with Gasteiger partial charge >= 0.3 is 0 Å². The van der Waals surface area contributed by atoms with Crippen molar-refractivity contribution >= 4 is 28.6 Å². The predicted octanol–water partition coefficient (Wildman–Crippen LogP) is 2.69. The molecule has 5 rings (SSSR count). The average molecular weight is 472 g/mol. The molecule has 0 aromatic carbocycles. The van der Waals surface area contributed by atoms with Crippen LogP contribution in [-0.2, 0) is 0 Å². The number of fused-ring (bicyclic) bond motifs is 1. The summed E-state index contributed by atoms with van der Waals surface area (Å²) in [5.41, 5.74) is 1.16. The molecule has 1 aliphatic heterocycles. The minimum absolute atomic E-state index is 0.173. The highest BCUT2D eigenvalue weighted by molar-refractivity contribution is 6.01. The molecular weight excluding hydrogens is 444 g/mol. The second-order valence-electron chi connectivity index (χ2n) is 9.04. The van der Waals surface area contributed by atoms with Gasteiger partial charge in [-0.3, -0.25) is 9.59 Å². The summed E-state index contributed by atoms with van der Waals surface area (Å²) in [6.45, 7) is 0.0936. The van der Waals surface area contributed by atoms with Gasteiger partial charge in [0.1, 0.15) is 17.5 Å². The van der Waals surface area contributed by atoms with E-state index in [2.05, 4.69) is 21.0 Å². The Morgan fingerprint density at radius 3 is 2.74 bits per heavy atom. The Morgan fingerprint density at radius 2 is 2.03 bits per heavy atom. The Balaban J connectivity index is 1.49. The Hall–Kier alpha value is -3.47. The molecule has 3 aromatic heterocycles. The molecule has 11 heteroatoms. The standard InChI is InChI=1S/C23H27F2N7O2/c1-26-20-11-15(10-18-16(12-27-32(18)20)21(33)29-14-5-6-14)28-17-4-3-8-31(22(17)34)19-7-9-30(2)13-23(19,24)25/h3-4,8,10-12,14,19,26,28H,5-7,9,13H2,1-2H3,(H,29,33)/t19-/m1/s1. The first kappa shape index (κ1) is 22.3. The number of piperidine rings is 1. The summed E-state index contributed by atoms with van der Waals surface area (Å²) in [4.78, 5) is 27.4. The van der Waals surface area contributed by atoms with E-state index < -0.39 is 24.1 Å². The predicted molar refractivity (Wildman–Crippen MR) is 125 cm³/mol.